The maximum Gasteiger partial charge on any atom is 0.301 e. The molecule has 4 heteroatoms. The first-order valence-corrected chi connectivity index (χ1v) is 19.5. The number of aliphatic imine (C=N–C) groups is 1. The molecule has 0 N–H and O–H groups in total. The first-order valence-electron chi connectivity index (χ1n) is 19.5. The molecule has 0 heterocycles. The van der Waals surface area contributed by atoms with Gasteiger partial charge in [-0.15, -0.1) is 0 Å². The lowest BCUT2D eigenvalue weighted by molar-refractivity contribution is -0.925. The van der Waals surface area contributed by atoms with Crippen LogP contribution in [0.4, 0.5) is 0 Å². The monoisotopic (exact) mass is 584 g/mol. The summed E-state index contributed by atoms with van der Waals surface area (Å²) in [7, 11) is 0.750. The lowest BCUT2D eigenvalue weighted by Gasteiger charge is -2.60. The van der Waals surface area contributed by atoms with Gasteiger partial charge in [-0.3, -0.25) is 4.48 Å². The molecule has 0 aromatic carbocycles. The van der Waals surface area contributed by atoms with Gasteiger partial charge >= 0.3 is 5.96 Å². The standard InChI is InChI=1S/C37H66N3.CH3O/c1-7-19-31(20-8-1)38-37(39(32-21-9-2-10-22-32)33-23-11-3-12-24-33)40(34-25-13-4-14-26-34,35-27-15-5-16-28-35)36-29-17-6-18-30-36;1-2/h31-36H,1-30H2;1H3/q+1;-1. The first-order chi connectivity index (χ1) is 20.9. The molecular formula is C38H69N3O. The molecule has 0 bridgehead atoms. The van der Waals surface area contributed by atoms with Crippen molar-refractivity contribution in [2.45, 2.75) is 229 Å². The van der Waals surface area contributed by atoms with Crippen LogP contribution in [0.3, 0.4) is 0 Å². The van der Waals surface area contributed by atoms with E-state index >= 15 is 0 Å². The van der Waals surface area contributed by atoms with Crippen molar-refractivity contribution in [2.75, 3.05) is 7.11 Å². The summed E-state index contributed by atoms with van der Waals surface area (Å²) in [6.07, 6.45) is 43.8. The van der Waals surface area contributed by atoms with Gasteiger partial charge in [0, 0.05) is 12.1 Å². The van der Waals surface area contributed by atoms with E-state index in [0.717, 1.165) is 37.3 Å². The van der Waals surface area contributed by atoms with Crippen LogP contribution in [-0.4, -0.2) is 58.7 Å². The van der Waals surface area contributed by atoms with E-state index in [4.69, 9.17) is 10.1 Å². The van der Waals surface area contributed by atoms with Crippen molar-refractivity contribution in [3.05, 3.63) is 0 Å². The van der Waals surface area contributed by atoms with Gasteiger partial charge in [-0.1, -0.05) is 77.0 Å². The van der Waals surface area contributed by atoms with Gasteiger partial charge in [0.1, 0.15) is 0 Å². The summed E-state index contributed by atoms with van der Waals surface area (Å²) in [5, 5.41) is 8.25. The number of hydrogen-bond acceptors (Lipinski definition) is 2. The van der Waals surface area contributed by atoms with Gasteiger partial charge in [-0.05, 0) is 116 Å². The SMILES string of the molecule is C1CCC(N=C(N(C2CCCCC2)C2CCCCC2)[N+](C2CCCCC2)(C2CCCCC2)C2CCCCC2)CC1.C[O-]. The number of hydrogen-bond donors (Lipinski definition) is 0. The van der Waals surface area contributed by atoms with E-state index in [-0.39, 0.29) is 0 Å². The van der Waals surface area contributed by atoms with Crippen LogP contribution in [-0.2, 0) is 0 Å². The van der Waals surface area contributed by atoms with Gasteiger partial charge in [0.15, 0.2) is 0 Å². The molecule has 0 spiro atoms. The van der Waals surface area contributed by atoms with Gasteiger partial charge in [0.25, 0.3) is 0 Å². The van der Waals surface area contributed by atoms with Crippen molar-refractivity contribution in [2.24, 2.45) is 4.99 Å². The fourth-order valence-electron chi connectivity index (χ4n) is 11.0. The van der Waals surface area contributed by atoms with Crippen molar-refractivity contribution in [3.8, 4) is 0 Å². The highest BCUT2D eigenvalue weighted by atomic mass is 16.2. The minimum atomic E-state index is 0.603. The minimum Gasteiger partial charge on any atom is -0.857 e. The third-order valence-corrected chi connectivity index (χ3v) is 12.9. The summed E-state index contributed by atoms with van der Waals surface area (Å²) in [4.78, 5) is 9.53. The molecule has 0 aliphatic heterocycles. The fraction of sp³-hybridized carbons (Fsp3) is 0.974. The molecule has 0 aromatic heterocycles. The third kappa shape index (κ3) is 7.60. The van der Waals surface area contributed by atoms with Gasteiger partial charge in [-0.25, -0.2) is 4.99 Å². The van der Waals surface area contributed by atoms with Crippen molar-refractivity contribution >= 4 is 5.96 Å². The van der Waals surface area contributed by atoms with Crippen LogP contribution in [0.25, 0.3) is 0 Å². The van der Waals surface area contributed by atoms with Crippen molar-refractivity contribution in [1.29, 1.82) is 0 Å². The van der Waals surface area contributed by atoms with E-state index in [9.17, 15) is 0 Å². The predicted molar refractivity (Wildman–Crippen MR) is 177 cm³/mol. The molecule has 42 heavy (non-hydrogen) atoms. The average Bonchev–Trinajstić information content (AvgIpc) is 3.09. The lowest BCUT2D eigenvalue weighted by Crippen LogP contribution is -2.75. The van der Waals surface area contributed by atoms with E-state index in [1.54, 1.807) is 5.96 Å². The Bertz CT molecular complexity index is 698. The Morgan fingerprint density at radius 1 is 0.429 bits per heavy atom. The molecule has 6 saturated carbocycles. The zero-order valence-corrected chi connectivity index (χ0v) is 27.9. The lowest BCUT2D eigenvalue weighted by atomic mass is 9.80. The molecule has 6 aliphatic rings. The molecule has 0 saturated heterocycles. The Morgan fingerprint density at radius 2 is 0.714 bits per heavy atom. The zero-order valence-electron chi connectivity index (χ0n) is 27.9. The van der Waals surface area contributed by atoms with Crippen LogP contribution in [0.2, 0.25) is 0 Å². The first kappa shape index (κ1) is 32.8. The van der Waals surface area contributed by atoms with Crippen molar-refractivity contribution in [1.82, 2.24) is 4.90 Å². The maximum atomic E-state index is 8.25. The summed E-state index contributed by atoms with van der Waals surface area (Å²) < 4.78 is 1.39. The molecule has 6 rings (SSSR count). The van der Waals surface area contributed by atoms with Crippen LogP contribution in [0.1, 0.15) is 193 Å². The minimum absolute atomic E-state index is 0.603. The fourth-order valence-corrected chi connectivity index (χ4v) is 11.0. The van der Waals surface area contributed by atoms with Gasteiger partial charge in [0.05, 0.1) is 24.2 Å². The Hall–Kier alpha value is -0.610. The highest BCUT2D eigenvalue weighted by Gasteiger charge is 2.57. The molecule has 0 unspecified atom stereocenters. The second-order valence-corrected chi connectivity index (χ2v) is 15.4. The molecule has 4 nitrogen and oxygen atoms in total. The molecule has 242 valence electrons. The summed E-state index contributed by atoms with van der Waals surface area (Å²) in [6.45, 7) is 0. The predicted octanol–water partition coefficient (Wildman–Crippen LogP) is 9.43. The van der Waals surface area contributed by atoms with Crippen LogP contribution in [0.15, 0.2) is 4.99 Å². The molecule has 0 amide bonds. The second kappa shape index (κ2) is 17.2. The van der Waals surface area contributed by atoms with E-state index in [0.29, 0.717) is 6.04 Å². The van der Waals surface area contributed by atoms with Crippen LogP contribution >= 0.6 is 0 Å². The van der Waals surface area contributed by atoms with E-state index in [1.807, 2.05) is 0 Å². The summed E-state index contributed by atoms with van der Waals surface area (Å²) in [5.41, 5.74) is 0. The average molecular weight is 584 g/mol. The number of quaternary nitrogens is 1. The van der Waals surface area contributed by atoms with Gasteiger partial charge in [-0.2, -0.15) is 7.11 Å². The summed E-state index contributed by atoms with van der Waals surface area (Å²) >= 11 is 0. The molecule has 6 aliphatic carbocycles. The Kier molecular flexibility index (Phi) is 13.4. The molecule has 0 radical (unpaired) electrons. The highest BCUT2D eigenvalue weighted by molar-refractivity contribution is 5.75. The zero-order chi connectivity index (χ0) is 29.0. The number of rotatable bonds is 6. The number of guanidine groups is 1. The third-order valence-electron chi connectivity index (χ3n) is 12.9. The van der Waals surface area contributed by atoms with Crippen LogP contribution in [0, 0.1) is 0 Å². The Morgan fingerprint density at radius 3 is 1.05 bits per heavy atom. The molecule has 0 atom stereocenters. The second-order valence-electron chi connectivity index (χ2n) is 15.4. The van der Waals surface area contributed by atoms with Crippen LogP contribution < -0.4 is 5.11 Å². The molecule has 6 fully saturated rings. The van der Waals surface area contributed by atoms with Crippen LogP contribution in [0.5, 0.6) is 0 Å². The largest absolute Gasteiger partial charge is 0.857 e. The number of nitrogens with zero attached hydrogens (tertiary/aromatic N) is 3. The summed E-state index contributed by atoms with van der Waals surface area (Å²) in [6, 6.07) is 4.68. The Balaban J connectivity index is 0.00000173. The van der Waals surface area contributed by atoms with Gasteiger partial charge < -0.3 is 10.0 Å². The Labute approximate surface area is 261 Å². The van der Waals surface area contributed by atoms with E-state index in [2.05, 4.69) is 4.90 Å². The quantitative estimate of drug-likeness (QED) is 0.177. The smallest absolute Gasteiger partial charge is 0.301 e. The van der Waals surface area contributed by atoms with Crippen molar-refractivity contribution < 1.29 is 9.59 Å². The summed E-state index contributed by atoms with van der Waals surface area (Å²) in [5.74, 6) is 1.75. The molecular weight excluding hydrogens is 514 g/mol. The highest BCUT2D eigenvalue weighted by Crippen LogP contribution is 2.46. The van der Waals surface area contributed by atoms with E-state index in [1.165, 1.54) is 197 Å². The topological polar surface area (TPSA) is 38.7 Å². The van der Waals surface area contributed by atoms with Crippen molar-refractivity contribution in [3.63, 3.8) is 0 Å². The molecule has 0 aromatic rings. The van der Waals surface area contributed by atoms with E-state index < -0.39 is 0 Å². The van der Waals surface area contributed by atoms with Gasteiger partial charge in [0.2, 0.25) is 0 Å². The normalized spacial score (nSPS) is 27.8. The maximum absolute atomic E-state index is 8.25.